The van der Waals surface area contributed by atoms with Gasteiger partial charge >= 0.3 is 0 Å². The molecule has 136 valence electrons. The predicted octanol–water partition coefficient (Wildman–Crippen LogP) is 3.46. The number of nitrogens with one attached hydrogen (secondary N) is 3. The number of hydrogen-bond donors (Lipinski definition) is 3. The van der Waals surface area contributed by atoms with Crippen molar-refractivity contribution in [3.63, 3.8) is 0 Å². The van der Waals surface area contributed by atoms with E-state index in [0.29, 0.717) is 11.4 Å². The maximum absolute atomic E-state index is 12.5. The van der Waals surface area contributed by atoms with Crippen LogP contribution >= 0.6 is 0 Å². The molecule has 0 saturated carbocycles. The lowest BCUT2D eigenvalue weighted by Crippen LogP contribution is -2.34. The van der Waals surface area contributed by atoms with Gasteiger partial charge in [-0.05, 0) is 63.1 Å². The molecule has 2 atom stereocenters. The van der Waals surface area contributed by atoms with Gasteiger partial charge in [-0.3, -0.25) is 9.59 Å². The fourth-order valence-corrected chi connectivity index (χ4v) is 2.73. The SMILES string of the molecule is Cc1ccc(C)c(NC(=O)[C@H](C)Nc2ccc3c(c2)NC(=O)[C@H](C)O3)c1. The fourth-order valence-electron chi connectivity index (χ4n) is 2.73. The van der Waals surface area contributed by atoms with E-state index in [0.717, 1.165) is 22.5 Å². The Hall–Kier alpha value is -3.02. The molecule has 3 rings (SSSR count). The molecule has 1 heterocycles. The molecule has 0 spiro atoms. The van der Waals surface area contributed by atoms with Crippen LogP contribution in [0, 0.1) is 13.8 Å². The van der Waals surface area contributed by atoms with Gasteiger partial charge in [0.2, 0.25) is 5.91 Å². The molecule has 0 bridgehead atoms. The fraction of sp³-hybridized carbons (Fsp3) is 0.300. The van der Waals surface area contributed by atoms with Crippen LogP contribution in [-0.2, 0) is 9.59 Å². The molecule has 2 amide bonds. The summed E-state index contributed by atoms with van der Waals surface area (Å²) in [4.78, 5) is 24.2. The highest BCUT2D eigenvalue weighted by molar-refractivity contribution is 5.99. The molecule has 6 nitrogen and oxygen atoms in total. The Labute approximate surface area is 152 Å². The van der Waals surface area contributed by atoms with Crippen molar-refractivity contribution in [3.8, 4) is 5.75 Å². The lowest BCUT2D eigenvalue weighted by Gasteiger charge is -2.24. The van der Waals surface area contributed by atoms with Crippen LogP contribution in [-0.4, -0.2) is 24.0 Å². The largest absolute Gasteiger partial charge is 0.479 e. The smallest absolute Gasteiger partial charge is 0.265 e. The van der Waals surface area contributed by atoms with Gasteiger partial charge in [0.1, 0.15) is 11.8 Å². The molecule has 1 aliphatic rings. The first-order chi connectivity index (χ1) is 12.3. The van der Waals surface area contributed by atoms with Crippen LogP contribution in [0.15, 0.2) is 36.4 Å². The highest BCUT2D eigenvalue weighted by atomic mass is 16.5. The Balaban J connectivity index is 1.69. The maximum Gasteiger partial charge on any atom is 0.265 e. The van der Waals surface area contributed by atoms with E-state index in [9.17, 15) is 9.59 Å². The summed E-state index contributed by atoms with van der Waals surface area (Å²) in [7, 11) is 0. The van der Waals surface area contributed by atoms with Gasteiger partial charge in [0.25, 0.3) is 5.91 Å². The number of amides is 2. The molecule has 0 aromatic heterocycles. The third kappa shape index (κ3) is 3.79. The molecule has 2 aromatic rings. The maximum atomic E-state index is 12.5. The number of anilines is 3. The summed E-state index contributed by atoms with van der Waals surface area (Å²) in [6.45, 7) is 7.43. The summed E-state index contributed by atoms with van der Waals surface area (Å²) in [6, 6.07) is 10.9. The Bertz CT molecular complexity index is 863. The van der Waals surface area contributed by atoms with Gasteiger partial charge in [0.15, 0.2) is 6.10 Å². The van der Waals surface area contributed by atoms with E-state index < -0.39 is 12.1 Å². The van der Waals surface area contributed by atoms with Crippen molar-refractivity contribution in [2.75, 3.05) is 16.0 Å². The lowest BCUT2D eigenvalue weighted by atomic mass is 10.1. The first-order valence-electron chi connectivity index (χ1n) is 8.59. The summed E-state index contributed by atoms with van der Waals surface area (Å²) in [5, 5.41) is 8.91. The topological polar surface area (TPSA) is 79.5 Å². The third-order valence-electron chi connectivity index (χ3n) is 4.34. The van der Waals surface area contributed by atoms with Crippen LogP contribution in [0.2, 0.25) is 0 Å². The van der Waals surface area contributed by atoms with Crippen molar-refractivity contribution in [3.05, 3.63) is 47.5 Å². The first-order valence-corrected chi connectivity index (χ1v) is 8.59. The Morgan fingerprint density at radius 1 is 1.19 bits per heavy atom. The summed E-state index contributed by atoms with van der Waals surface area (Å²) < 4.78 is 5.54. The number of fused-ring (bicyclic) bond motifs is 1. The van der Waals surface area contributed by atoms with E-state index in [-0.39, 0.29) is 11.8 Å². The molecular weight excluding hydrogens is 330 g/mol. The monoisotopic (exact) mass is 353 g/mol. The van der Waals surface area contributed by atoms with Crippen molar-refractivity contribution < 1.29 is 14.3 Å². The average Bonchev–Trinajstić information content (AvgIpc) is 2.59. The van der Waals surface area contributed by atoms with E-state index in [1.54, 1.807) is 26.0 Å². The quantitative estimate of drug-likeness (QED) is 0.786. The van der Waals surface area contributed by atoms with E-state index in [2.05, 4.69) is 16.0 Å². The van der Waals surface area contributed by atoms with E-state index in [4.69, 9.17) is 4.74 Å². The lowest BCUT2D eigenvalue weighted by molar-refractivity contribution is -0.122. The van der Waals surface area contributed by atoms with E-state index in [1.165, 1.54) is 0 Å². The van der Waals surface area contributed by atoms with Gasteiger partial charge in [-0.2, -0.15) is 0 Å². The van der Waals surface area contributed by atoms with Crippen molar-refractivity contribution >= 4 is 28.9 Å². The minimum Gasteiger partial charge on any atom is -0.479 e. The Morgan fingerprint density at radius 2 is 1.96 bits per heavy atom. The summed E-state index contributed by atoms with van der Waals surface area (Å²) >= 11 is 0. The molecule has 0 unspecified atom stereocenters. The Morgan fingerprint density at radius 3 is 2.73 bits per heavy atom. The van der Waals surface area contributed by atoms with Crippen LogP contribution in [0.4, 0.5) is 17.1 Å². The van der Waals surface area contributed by atoms with Gasteiger partial charge in [-0.15, -0.1) is 0 Å². The van der Waals surface area contributed by atoms with Crippen molar-refractivity contribution in [2.45, 2.75) is 39.8 Å². The molecule has 2 aromatic carbocycles. The molecule has 0 aliphatic carbocycles. The van der Waals surface area contributed by atoms with Crippen molar-refractivity contribution in [2.24, 2.45) is 0 Å². The minimum absolute atomic E-state index is 0.134. The predicted molar refractivity (Wildman–Crippen MR) is 103 cm³/mol. The number of hydrogen-bond acceptors (Lipinski definition) is 4. The van der Waals surface area contributed by atoms with E-state index >= 15 is 0 Å². The van der Waals surface area contributed by atoms with Gasteiger partial charge in [-0.25, -0.2) is 0 Å². The standard InChI is InChI=1S/C20H23N3O3/c1-11-5-6-12(2)16(9-11)22-19(24)13(3)21-15-7-8-18-17(10-15)23-20(25)14(4)26-18/h5-10,13-14,21H,1-4H3,(H,22,24)(H,23,25)/t13-,14-/m0/s1. The van der Waals surface area contributed by atoms with Crippen molar-refractivity contribution in [1.82, 2.24) is 0 Å². The number of rotatable bonds is 4. The molecule has 26 heavy (non-hydrogen) atoms. The summed E-state index contributed by atoms with van der Waals surface area (Å²) in [5.41, 5.74) is 4.24. The van der Waals surface area contributed by atoms with Gasteiger partial charge in [0, 0.05) is 11.4 Å². The van der Waals surface area contributed by atoms with Crippen LogP contribution in [0.1, 0.15) is 25.0 Å². The second kappa shape index (κ2) is 7.07. The van der Waals surface area contributed by atoms with Gasteiger partial charge in [0.05, 0.1) is 5.69 Å². The average molecular weight is 353 g/mol. The molecule has 0 radical (unpaired) electrons. The normalized spacial score (nSPS) is 16.8. The third-order valence-corrected chi connectivity index (χ3v) is 4.34. The number of benzene rings is 2. The number of carbonyl (C=O) groups excluding carboxylic acids is 2. The van der Waals surface area contributed by atoms with Gasteiger partial charge < -0.3 is 20.7 Å². The van der Waals surface area contributed by atoms with Crippen LogP contribution in [0.3, 0.4) is 0 Å². The minimum atomic E-state index is -0.511. The highest BCUT2D eigenvalue weighted by Gasteiger charge is 2.24. The van der Waals surface area contributed by atoms with Crippen molar-refractivity contribution in [1.29, 1.82) is 0 Å². The van der Waals surface area contributed by atoms with Crippen LogP contribution in [0.25, 0.3) is 0 Å². The second-order valence-corrected chi connectivity index (χ2v) is 6.63. The molecule has 3 N–H and O–H groups in total. The molecule has 1 aliphatic heterocycles. The van der Waals surface area contributed by atoms with E-state index in [1.807, 2.05) is 38.1 Å². The molecule has 0 fully saturated rings. The highest BCUT2D eigenvalue weighted by Crippen LogP contribution is 2.32. The summed E-state index contributed by atoms with van der Waals surface area (Å²) in [5.74, 6) is 0.302. The zero-order chi connectivity index (χ0) is 18.8. The number of carbonyl (C=O) groups is 2. The number of aryl methyl sites for hydroxylation is 2. The number of ether oxygens (including phenoxy) is 1. The molecule has 0 saturated heterocycles. The zero-order valence-electron chi connectivity index (χ0n) is 15.3. The van der Waals surface area contributed by atoms with Crippen LogP contribution in [0.5, 0.6) is 5.75 Å². The summed E-state index contributed by atoms with van der Waals surface area (Å²) in [6.07, 6.45) is -0.511. The Kier molecular flexibility index (Phi) is 4.84. The van der Waals surface area contributed by atoms with Crippen LogP contribution < -0.4 is 20.7 Å². The van der Waals surface area contributed by atoms with Gasteiger partial charge in [-0.1, -0.05) is 12.1 Å². The second-order valence-electron chi connectivity index (χ2n) is 6.63. The first kappa shape index (κ1) is 17.8. The zero-order valence-corrected chi connectivity index (χ0v) is 15.3. The molecular formula is C20H23N3O3. The molecule has 6 heteroatoms.